The third kappa shape index (κ3) is 2.69. The van der Waals surface area contributed by atoms with Gasteiger partial charge in [0.15, 0.2) is 0 Å². The predicted octanol–water partition coefficient (Wildman–Crippen LogP) is 3.40. The summed E-state index contributed by atoms with van der Waals surface area (Å²) < 4.78 is 4.23. The Bertz CT molecular complexity index is 709. The smallest absolute Gasteiger partial charge is 0.320 e. The van der Waals surface area contributed by atoms with E-state index in [-0.39, 0.29) is 38.2 Å². The van der Waals surface area contributed by atoms with Gasteiger partial charge >= 0.3 is 5.95 Å². The van der Waals surface area contributed by atoms with Crippen molar-refractivity contribution in [2.75, 3.05) is 0 Å². The third-order valence-electron chi connectivity index (χ3n) is 4.04. The summed E-state index contributed by atoms with van der Waals surface area (Å²) in [5.41, 5.74) is 3.26. The molecule has 0 atom stereocenters. The van der Waals surface area contributed by atoms with Gasteiger partial charge < -0.3 is 4.58 Å². The minimum Gasteiger partial charge on any atom is -0.333 e. The van der Waals surface area contributed by atoms with Crippen molar-refractivity contribution >= 4 is 17.2 Å². The number of imidazole rings is 1. The second-order valence-electron chi connectivity index (χ2n) is 5.59. The fourth-order valence-corrected chi connectivity index (χ4v) is 2.48. The molecular weight excluding hydrogens is 335 g/mol. The van der Waals surface area contributed by atoms with E-state index in [0.717, 1.165) is 17.1 Å². The third-order valence-corrected chi connectivity index (χ3v) is 4.04. The first-order valence-corrected chi connectivity index (χ1v) is 6.77. The molecule has 0 N–H and O–H groups in total. The number of aromatic nitrogens is 2. The molecular formula is C17H18N3Y-. The fraction of sp³-hybridized carbons (Fsp3) is 0.294. The van der Waals surface area contributed by atoms with Crippen molar-refractivity contribution < 1.29 is 37.3 Å². The molecule has 0 spiro atoms. The Morgan fingerprint density at radius 3 is 2.81 bits per heavy atom. The van der Waals surface area contributed by atoms with E-state index in [1.54, 1.807) is 0 Å². The number of hydrogen-bond donors (Lipinski definition) is 0. The van der Waals surface area contributed by atoms with Crippen LogP contribution in [0.25, 0.3) is 5.57 Å². The summed E-state index contributed by atoms with van der Waals surface area (Å²) in [5.74, 6) is 0.919. The van der Waals surface area contributed by atoms with E-state index in [4.69, 9.17) is 0 Å². The van der Waals surface area contributed by atoms with Crippen LogP contribution in [0.4, 0.5) is 5.95 Å². The summed E-state index contributed by atoms with van der Waals surface area (Å²) in [7, 11) is 0. The second kappa shape index (κ2) is 5.98. The molecule has 1 aliphatic heterocycles. The maximum Gasteiger partial charge on any atom is 0.320 e. The molecule has 1 aliphatic rings. The molecule has 1 aromatic carbocycles. The molecule has 3 rings (SSSR count). The quantitative estimate of drug-likeness (QED) is 0.599. The van der Waals surface area contributed by atoms with Crippen molar-refractivity contribution in [3.05, 3.63) is 54.5 Å². The molecule has 21 heavy (non-hydrogen) atoms. The van der Waals surface area contributed by atoms with Gasteiger partial charge in [0.25, 0.3) is 0 Å². The van der Waals surface area contributed by atoms with Gasteiger partial charge in [0, 0.05) is 38.4 Å². The molecule has 105 valence electrons. The molecule has 0 amide bonds. The maximum absolute atomic E-state index is 4.45. The molecule has 0 fully saturated rings. The van der Waals surface area contributed by atoms with E-state index in [0.29, 0.717) is 0 Å². The Morgan fingerprint density at radius 2 is 2.14 bits per heavy atom. The van der Waals surface area contributed by atoms with E-state index in [1.807, 2.05) is 36.7 Å². The summed E-state index contributed by atoms with van der Waals surface area (Å²) in [4.78, 5) is 4.45. The largest absolute Gasteiger partial charge is 0.333 e. The standard InChI is InChI=1S/C17H18N3.Y/c1-13(15-8-6-5-7-9-15)12-19-14(2)17(3,4)20-11-10-18-16(19)20;/h5-8,10-11H,1-4H3;/q-1;. The maximum atomic E-state index is 4.45. The van der Waals surface area contributed by atoms with Crippen molar-refractivity contribution in [1.82, 2.24) is 9.55 Å². The second-order valence-corrected chi connectivity index (χ2v) is 5.59. The van der Waals surface area contributed by atoms with Gasteiger partial charge in [-0.2, -0.15) is 29.8 Å². The van der Waals surface area contributed by atoms with Crippen LogP contribution in [0, 0.1) is 12.3 Å². The van der Waals surface area contributed by atoms with Gasteiger partial charge in [-0.15, -0.1) is 11.1 Å². The Labute approximate surface area is 151 Å². The van der Waals surface area contributed by atoms with Gasteiger partial charge in [0.05, 0.1) is 11.7 Å². The van der Waals surface area contributed by atoms with Crippen LogP contribution in [0.15, 0.2) is 36.7 Å². The van der Waals surface area contributed by atoms with E-state index in [2.05, 4.69) is 54.1 Å². The Morgan fingerprint density at radius 1 is 1.38 bits per heavy atom. The summed E-state index contributed by atoms with van der Waals surface area (Å²) in [5, 5.41) is 0. The molecule has 2 heterocycles. The topological polar surface area (TPSA) is 20.8 Å². The number of rotatable bonds is 2. The molecule has 0 unspecified atom stereocenters. The zero-order valence-electron chi connectivity index (χ0n) is 12.9. The van der Waals surface area contributed by atoms with Gasteiger partial charge in [-0.1, -0.05) is 6.92 Å². The molecule has 0 aliphatic carbocycles. The normalized spacial score (nSPS) is 16.7. The molecule has 0 saturated carbocycles. The van der Waals surface area contributed by atoms with Crippen molar-refractivity contribution in [2.45, 2.75) is 33.2 Å². The van der Waals surface area contributed by atoms with E-state index in [1.165, 1.54) is 5.71 Å². The van der Waals surface area contributed by atoms with Crippen LogP contribution in [-0.2, 0) is 38.2 Å². The number of allylic oxidation sites excluding steroid dienone is 1. The van der Waals surface area contributed by atoms with Crippen molar-refractivity contribution in [2.24, 2.45) is 0 Å². The van der Waals surface area contributed by atoms with Gasteiger partial charge in [-0.25, -0.2) is 5.56 Å². The van der Waals surface area contributed by atoms with Crippen LogP contribution in [0.1, 0.15) is 33.3 Å². The van der Waals surface area contributed by atoms with Gasteiger partial charge in [0.1, 0.15) is 6.20 Å². The zero-order valence-corrected chi connectivity index (χ0v) is 15.7. The molecule has 3 nitrogen and oxygen atoms in total. The monoisotopic (exact) mass is 353 g/mol. The minimum absolute atomic E-state index is 0. The van der Waals surface area contributed by atoms with Crippen LogP contribution in [0.3, 0.4) is 0 Å². The predicted molar refractivity (Wildman–Crippen MR) is 79.8 cm³/mol. The summed E-state index contributed by atoms with van der Waals surface area (Å²) in [6.45, 7) is 8.57. The van der Waals surface area contributed by atoms with Gasteiger partial charge in [-0.05, 0) is 27.0 Å². The van der Waals surface area contributed by atoms with Crippen LogP contribution in [0.5, 0.6) is 0 Å². The summed E-state index contributed by atoms with van der Waals surface area (Å²) in [6.07, 6.45) is 7.30. The van der Waals surface area contributed by atoms with Crippen molar-refractivity contribution in [1.29, 1.82) is 0 Å². The fourth-order valence-electron chi connectivity index (χ4n) is 2.48. The van der Waals surface area contributed by atoms with Crippen molar-refractivity contribution in [3.63, 3.8) is 0 Å². The molecule has 1 radical (unpaired) electrons. The Hall–Kier alpha value is -1.06. The number of nitrogens with zero attached hydrogens (tertiary/aromatic N) is 3. The summed E-state index contributed by atoms with van der Waals surface area (Å²) in [6, 6.07) is 11.2. The molecule has 1 aromatic heterocycles. The van der Waals surface area contributed by atoms with E-state index < -0.39 is 0 Å². The average Bonchev–Trinajstić information content (AvgIpc) is 2.99. The Balaban J connectivity index is 0.00000161. The van der Waals surface area contributed by atoms with Gasteiger partial charge in [-0.3, -0.25) is 4.57 Å². The van der Waals surface area contributed by atoms with Crippen LogP contribution >= 0.6 is 0 Å². The SMILES string of the molecule is CC(=[C-][N+]1=C(C)C(C)(C)n2ccnc21)c1[c-]cccc1.[Y]. The zero-order chi connectivity index (χ0) is 14.3. The first kappa shape index (κ1) is 16.3. The number of fused-ring (bicyclic) bond motifs is 1. The first-order valence-electron chi connectivity index (χ1n) is 6.77. The molecule has 2 aromatic rings. The van der Waals surface area contributed by atoms with Gasteiger partial charge in [0.2, 0.25) is 0 Å². The van der Waals surface area contributed by atoms with Crippen LogP contribution < -0.4 is 0 Å². The molecule has 0 saturated heterocycles. The average molecular weight is 353 g/mol. The van der Waals surface area contributed by atoms with Crippen LogP contribution in [0.2, 0.25) is 0 Å². The molecule has 0 bridgehead atoms. The van der Waals surface area contributed by atoms with E-state index >= 15 is 0 Å². The number of benzene rings is 1. The summed E-state index contributed by atoms with van der Waals surface area (Å²) >= 11 is 0. The number of hydrogen-bond acceptors (Lipinski definition) is 1. The first-order chi connectivity index (χ1) is 9.51. The Kier molecular flexibility index (Phi) is 4.64. The minimum atomic E-state index is -0.0699. The van der Waals surface area contributed by atoms with Crippen LogP contribution in [-0.4, -0.2) is 19.8 Å². The van der Waals surface area contributed by atoms with Crippen molar-refractivity contribution in [3.8, 4) is 0 Å². The van der Waals surface area contributed by atoms with E-state index in [9.17, 15) is 0 Å². The molecule has 4 heteroatoms.